The molecular formula is C14H18N2O2. The molecule has 0 spiro atoms. The van der Waals surface area contributed by atoms with Gasteiger partial charge in [-0.15, -0.1) is 6.42 Å². The van der Waals surface area contributed by atoms with E-state index in [1.165, 1.54) is 0 Å². The lowest BCUT2D eigenvalue weighted by atomic mass is 10.1. The monoisotopic (exact) mass is 246 g/mol. The molecule has 1 unspecified atom stereocenters. The summed E-state index contributed by atoms with van der Waals surface area (Å²) in [6.07, 6.45) is 7.28. The van der Waals surface area contributed by atoms with Gasteiger partial charge in [0.15, 0.2) is 0 Å². The molecule has 1 aromatic carbocycles. The third-order valence-corrected chi connectivity index (χ3v) is 2.23. The van der Waals surface area contributed by atoms with Gasteiger partial charge in [-0.2, -0.15) is 0 Å². The second kappa shape index (κ2) is 8.45. The number of rotatable bonds is 7. The molecule has 0 bridgehead atoms. The highest BCUT2D eigenvalue weighted by Crippen LogP contribution is 2.16. The van der Waals surface area contributed by atoms with Crippen LogP contribution >= 0.6 is 0 Å². The summed E-state index contributed by atoms with van der Waals surface area (Å²) in [6, 6.07) is 9.33. The highest BCUT2D eigenvalue weighted by Gasteiger charge is 2.12. The highest BCUT2D eigenvalue weighted by atomic mass is 16.6. The standard InChI is InChI=1S/C14H18N2O2/c1-2-13(12-8-4-3-5-9-12)18-14(17)16-11-7-6-10-15/h1,3-9,13-14,16-17H,10-11,15H2/b7-6+/t13-,14?/m0/s1. The number of hydrogen-bond acceptors (Lipinski definition) is 4. The molecule has 4 nitrogen and oxygen atoms in total. The Labute approximate surface area is 107 Å². The van der Waals surface area contributed by atoms with E-state index in [1.807, 2.05) is 30.3 Å². The van der Waals surface area contributed by atoms with Gasteiger partial charge in [0, 0.05) is 13.1 Å². The van der Waals surface area contributed by atoms with Crippen LogP contribution in [0.1, 0.15) is 11.7 Å². The maximum atomic E-state index is 9.62. The number of hydrogen-bond donors (Lipinski definition) is 3. The SMILES string of the molecule is C#C[C@H](OC(O)NC/C=C/CN)c1ccccc1. The maximum Gasteiger partial charge on any atom is 0.215 e. The minimum Gasteiger partial charge on any atom is -0.356 e. The van der Waals surface area contributed by atoms with Crippen molar-refractivity contribution >= 4 is 0 Å². The third kappa shape index (κ3) is 5.13. The molecule has 0 aliphatic carbocycles. The Morgan fingerprint density at radius 1 is 1.39 bits per heavy atom. The maximum absolute atomic E-state index is 9.62. The Hall–Kier alpha value is -1.64. The van der Waals surface area contributed by atoms with E-state index in [0.29, 0.717) is 13.1 Å². The van der Waals surface area contributed by atoms with Crippen LogP contribution in [0.3, 0.4) is 0 Å². The Morgan fingerprint density at radius 2 is 2.11 bits per heavy atom. The second-order valence-corrected chi connectivity index (χ2v) is 3.56. The van der Waals surface area contributed by atoms with Crippen molar-refractivity contribution in [1.82, 2.24) is 5.32 Å². The van der Waals surface area contributed by atoms with Crippen LogP contribution in [0.4, 0.5) is 0 Å². The summed E-state index contributed by atoms with van der Waals surface area (Å²) in [4.78, 5) is 0. The molecular weight excluding hydrogens is 228 g/mol. The molecule has 1 aromatic rings. The Bertz CT molecular complexity index is 398. The van der Waals surface area contributed by atoms with Gasteiger partial charge in [0.2, 0.25) is 6.41 Å². The van der Waals surface area contributed by atoms with Gasteiger partial charge in [0.25, 0.3) is 0 Å². The summed E-state index contributed by atoms with van der Waals surface area (Å²) in [7, 11) is 0. The molecule has 2 atom stereocenters. The van der Waals surface area contributed by atoms with E-state index >= 15 is 0 Å². The predicted octanol–water partition coefficient (Wildman–Crippen LogP) is 0.758. The third-order valence-electron chi connectivity index (χ3n) is 2.23. The van der Waals surface area contributed by atoms with Gasteiger partial charge in [0.05, 0.1) is 0 Å². The van der Waals surface area contributed by atoms with Crippen molar-refractivity contribution in [3.05, 3.63) is 48.0 Å². The number of benzene rings is 1. The quantitative estimate of drug-likeness (QED) is 0.377. The van der Waals surface area contributed by atoms with Gasteiger partial charge in [-0.3, -0.25) is 5.32 Å². The summed E-state index contributed by atoms with van der Waals surface area (Å²) in [5.41, 5.74) is 6.12. The van der Waals surface area contributed by atoms with Crippen LogP contribution in [0.15, 0.2) is 42.5 Å². The summed E-state index contributed by atoms with van der Waals surface area (Å²) < 4.78 is 5.31. The fourth-order valence-corrected chi connectivity index (χ4v) is 1.37. The number of aliphatic hydroxyl groups is 1. The smallest absolute Gasteiger partial charge is 0.215 e. The van der Waals surface area contributed by atoms with Gasteiger partial charge in [-0.25, -0.2) is 0 Å². The van der Waals surface area contributed by atoms with Crippen molar-refractivity contribution in [3.63, 3.8) is 0 Å². The molecule has 0 heterocycles. The second-order valence-electron chi connectivity index (χ2n) is 3.56. The fourth-order valence-electron chi connectivity index (χ4n) is 1.37. The lowest BCUT2D eigenvalue weighted by Gasteiger charge is -2.18. The van der Waals surface area contributed by atoms with E-state index in [9.17, 15) is 5.11 Å². The first-order valence-corrected chi connectivity index (χ1v) is 5.71. The molecule has 96 valence electrons. The Kier molecular flexibility index (Phi) is 6.77. The average molecular weight is 246 g/mol. The lowest BCUT2D eigenvalue weighted by Crippen LogP contribution is -2.32. The number of nitrogens with one attached hydrogen (secondary N) is 1. The molecule has 4 heteroatoms. The van der Waals surface area contributed by atoms with Crippen LogP contribution in [0.5, 0.6) is 0 Å². The normalized spacial score (nSPS) is 14.3. The topological polar surface area (TPSA) is 67.5 Å². The zero-order valence-corrected chi connectivity index (χ0v) is 10.1. The first-order valence-electron chi connectivity index (χ1n) is 5.71. The molecule has 0 aliphatic heterocycles. The van der Waals surface area contributed by atoms with E-state index in [-0.39, 0.29) is 0 Å². The van der Waals surface area contributed by atoms with Gasteiger partial charge in [-0.05, 0) is 5.56 Å². The van der Waals surface area contributed by atoms with Crippen molar-refractivity contribution in [2.24, 2.45) is 5.73 Å². The molecule has 0 saturated carbocycles. The summed E-state index contributed by atoms with van der Waals surface area (Å²) in [6.45, 7) is 0.931. The van der Waals surface area contributed by atoms with Crippen molar-refractivity contribution in [2.75, 3.05) is 13.1 Å². The molecule has 0 saturated heterocycles. The molecule has 4 N–H and O–H groups in total. The lowest BCUT2D eigenvalue weighted by molar-refractivity contribution is -0.138. The Morgan fingerprint density at radius 3 is 2.72 bits per heavy atom. The van der Waals surface area contributed by atoms with Gasteiger partial charge in [0.1, 0.15) is 6.10 Å². The molecule has 0 amide bonds. The van der Waals surface area contributed by atoms with E-state index in [0.717, 1.165) is 5.56 Å². The molecule has 18 heavy (non-hydrogen) atoms. The number of nitrogens with two attached hydrogens (primary N) is 1. The van der Waals surface area contributed by atoms with Crippen molar-refractivity contribution < 1.29 is 9.84 Å². The van der Waals surface area contributed by atoms with E-state index < -0.39 is 12.5 Å². The van der Waals surface area contributed by atoms with E-state index in [1.54, 1.807) is 12.2 Å². The first-order chi connectivity index (χ1) is 8.77. The average Bonchev–Trinajstić information content (AvgIpc) is 2.42. The van der Waals surface area contributed by atoms with E-state index in [4.69, 9.17) is 16.9 Å². The molecule has 0 aliphatic rings. The van der Waals surface area contributed by atoms with Crippen LogP contribution in [0.2, 0.25) is 0 Å². The van der Waals surface area contributed by atoms with Crippen LogP contribution < -0.4 is 11.1 Å². The fraction of sp³-hybridized carbons (Fsp3) is 0.286. The van der Waals surface area contributed by atoms with Gasteiger partial charge >= 0.3 is 0 Å². The number of terminal acetylenes is 1. The zero-order chi connectivity index (χ0) is 13.2. The summed E-state index contributed by atoms with van der Waals surface area (Å²) in [5.74, 6) is 2.49. The van der Waals surface area contributed by atoms with Gasteiger partial charge < -0.3 is 15.6 Å². The van der Waals surface area contributed by atoms with Crippen LogP contribution in [-0.2, 0) is 4.74 Å². The highest BCUT2D eigenvalue weighted by molar-refractivity contribution is 5.23. The van der Waals surface area contributed by atoms with Crippen molar-refractivity contribution in [2.45, 2.75) is 12.5 Å². The Balaban J connectivity index is 2.44. The minimum atomic E-state index is -1.12. The molecule has 0 fully saturated rings. The number of ether oxygens (including phenoxy) is 1. The zero-order valence-electron chi connectivity index (χ0n) is 10.1. The molecule has 0 radical (unpaired) electrons. The molecule has 0 aromatic heterocycles. The molecule has 1 rings (SSSR count). The summed E-state index contributed by atoms with van der Waals surface area (Å²) >= 11 is 0. The van der Waals surface area contributed by atoms with Crippen molar-refractivity contribution in [3.8, 4) is 12.3 Å². The van der Waals surface area contributed by atoms with Crippen LogP contribution in [-0.4, -0.2) is 24.6 Å². The van der Waals surface area contributed by atoms with Crippen LogP contribution in [0, 0.1) is 12.3 Å². The van der Waals surface area contributed by atoms with Gasteiger partial charge in [-0.1, -0.05) is 48.4 Å². The van der Waals surface area contributed by atoms with Crippen molar-refractivity contribution in [1.29, 1.82) is 0 Å². The van der Waals surface area contributed by atoms with Crippen LogP contribution in [0.25, 0.3) is 0 Å². The number of aliphatic hydroxyl groups excluding tert-OH is 1. The summed E-state index contributed by atoms with van der Waals surface area (Å²) in [5, 5.41) is 12.4. The largest absolute Gasteiger partial charge is 0.356 e. The minimum absolute atomic E-state index is 0.463. The van der Waals surface area contributed by atoms with E-state index in [2.05, 4.69) is 11.2 Å². The first kappa shape index (κ1) is 14.4. The predicted molar refractivity (Wildman–Crippen MR) is 71.3 cm³/mol.